The number of phenols is 2. The number of likely N-dealkylation sites (tertiary alicyclic amines) is 1. The van der Waals surface area contributed by atoms with Crippen LogP contribution in [0.2, 0.25) is 0 Å². The van der Waals surface area contributed by atoms with Crippen molar-refractivity contribution < 1.29 is 24.9 Å². The molecule has 1 unspecified atom stereocenters. The highest BCUT2D eigenvalue weighted by Gasteiger charge is 2.37. The lowest BCUT2D eigenvalue weighted by Crippen LogP contribution is -2.50. The van der Waals surface area contributed by atoms with Gasteiger partial charge in [-0.05, 0) is 72.2 Å². The highest BCUT2D eigenvalue weighted by Crippen LogP contribution is 2.40. The fraction of sp³-hybridized carbons (Fsp3) is 0.375. The van der Waals surface area contributed by atoms with Crippen LogP contribution in [0.25, 0.3) is 0 Å². The van der Waals surface area contributed by atoms with Crippen LogP contribution in [0.1, 0.15) is 43.0 Å². The van der Waals surface area contributed by atoms with Gasteiger partial charge in [-0.3, -0.25) is 9.69 Å². The second kappa shape index (κ2) is 12.8. The summed E-state index contributed by atoms with van der Waals surface area (Å²) in [5.74, 6) is -0.772. The number of nitrogens with one attached hydrogen (secondary N) is 1. The molecule has 0 radical (unpaired) electrons. The van der Waals surface area contributed by atoms with Gasteiger partial charge in [0.25, 0.3) is 0 Å². The fourth-order valence-corrected chi connectivity index (χ4v) is 5.62. The number of hydrogen-bond donors (Lipinski definition) is 4. The van der Waals surface area contributed by atoms with Crippen molar-refractivity contribution in [2.24, 2.45) is 17.8 Å². The summed E-state index contributed by atoms with van der Waals surface area (Å²) in [6.45, 7) is 5.73. The molecule has 3 aromatic rings. The van der Waals surface area contributed by atoms with Gasteiger partial charge >= 0.3 is 5.97 Å². The van der Waals surface area contributed by atoms with Gasteiger partial charge in [0.15, 0.2) is 0 Å². The topological polar surface area (TPSA) is 110 Å². The molecule has 1 aliphatic rings. The molecule has 0 bridgehead atoms. The lowest BCUT2D eigenvalue weighted by atomic mass is 9.78. The van der Waals surface area contributed by atoms with E-state index >= 15 is 0 Å². The number of nitrogens with zero attached hydrogens (tertiary/aromatic N) is 1. The first-order valence-electron chi connectivity index (χ1n) is 13.6. The molecule has 0 saturated carbocycles. The number of benzene rings is 3. The molecule has 4 rings (SSSR count). The zero-order chi connectivity index (χ0) is 27.9. The molecule has 7 heteroatoms. The average Bonchev–Trinajstić information content (AvgIpc) is 2.91. The fourth-order valence-electron chi connectivity index (χ4n) is 5.62. The van der Waals surface area contributed by atoms with Crippen LogP contribution in [-0.2, 0) is 22.4 Å². The molecule has 0 spiro atoms. The molecule has 7 nitrogen and oxygen atoms in total. The molecule has 4 N–H and O–H groups in total. The van der Waals surface area contributed by atoms with Crippen molar-refractivity contribution >= 4 is 11.9 Å². The van der Waals surface area contributed by atoms with Crippen molar-refractivity contribution in [1.82, 2.24) is 10.2 Å². The Labute approximate surface area is 230 Å². The first-order valence-corrected chi connectivity index (χ1v) is 13.6. The number of carbonyl (C=O) groups is 2. The number of piperidine rings is 1. The predicted molar refractivity (Wildman–Crippen MR) is 150 cm³/mol. The van der Waals surface area contributed by atoms with Crippen molar-refractivity contribution in [3.8, 4) is 11.5 Å². The molecule has 1 aliphatic heterocycles. The molecule has 1 heterocycles. The van der Waals surface area contributed by atoms with Gasteiger partial charge in [-0.2, -0.15) is 0 Å². The van der Waals surface area contributed by atoms with E-state index in [9.17, 15) is 24.9 Å². The van der Waals surface area contributed by atoms with Gasteiger partial charge in [0.1, 0.15) is 17.5 Å². The Morgan fingerprint density at radius 3 is 2.26 bits per heavy atom. The summed E-state index contributed by atoms with van der Waals surface area (Å²) in [7, 11) is 0. The third-order valence-electron chi connectivity index (χ3n) is 8.01. The molecule has 1 fully saturated rings. The molecule has 0 aromatic heterocycles. The number of aliphatic carboxylic acids is 1. The van der Waals surface area contributed by atoms with E-state index in [2.05, 4.69) is 24.1 Å². The van der Waals surface area contributed by atoms with Crippen molar-refractivity contribution in [3.05, 3.63) is 95.6 Å². The van der Waals surface area contributed by atoms with Gasteiger partial charge in [-0.25, -0.2) is 4.79 Å². The Bertz CT molecular complexity index is 1250. The Kier molecular flexibility index (Phi) is 9.25. The van der Waals surface area contributed by atoms with Crippen molar-refractivity contribution in [2.75, 3.05) is 13.1 Å². The van der Waals surface area contributed by atoms with Crippen LogP contribution in [0.3, 0.4) is 0 Å². The van der Waals surface area contributed by atoms with Crippen LogP contribution >= 0.6 is 0 Å². The quantitative estimate of drug-likeness (QED) is 0.300. The second-order valence-electron chi connectivity index (χ2n) is 10.8. The Balaban J connectivity index is 1.59. The summed E-state index contributed by atoms with van der Waals surface area (Å²) in [6.07, 6.45) is 1.59. The number of phenolic OH excluding ortho intramolecular Hbond substituents is 2. The van der Waals surface area contributed by atoms with Gasteiger partial charge in [0.05, 0.1) is 5.92 Å². The van der Waals surface area contributed by atoms with E-state index in [1.807, 2.05) is 42.5 Å². The maximum atomic E-state index is 13.7. The zero-order valence-electron chi connectivity index (χ0n) is 22.5. The number of rotatable bonds is 10. The maximum Gasteiger partial charge on any atom is 0.326 e. The summed E-state index contributed by atoms with van der Waals surface area (Å²) >= 11 is 0. The van der Waals surface area contributed by atoms with Crippen molar-refractivity contribution in [3.63, 3.8) is 0 Å². The van der Waals surface area contributed by atoms with Gasteiger partial charge in [0, 0.05) is 19.0 Å². The molecule has 1 amide bonds. The predicted octanol–water partition coefficient (Wildman–Crippen LogP) is 4.79. The smallest absolute Gasteiger partial charge is 0.326 e. The van der Waals surface area contributed by atoms with E-state index in [-0.39, 0.29) is 29.9 Å². The van der Waals surface area contributed by atoms with Crippen molar-refractivity contribution in [2.45, 2.75) is 45.2 Å². The van der Waals surface area contributed by atoms with E-state index in [1.165, 1.54) is 12.1 Å². The van der Waals surface area contributed by atoms with E-state index in [1.54, 1.807) is 24.3 Å². The monoisotopic (exact) mass is 530 g/mol. The third-order valence-corrected chi connectivity index (χ3v) is 8.01. The van der Waals surface area contributed by atoms with Gasteiger partial charge in [-0.15, -0.1) is 0 Å². The summed E-state index contributed by atoms with van der Waals surface area (Å²) in [5, 5.41) is 32.5. The average molecular weight is 531 g/mol. The number of aromatic hydroxyl groups is 2. The molecule has 0 aliphatic carbocycles. The number of amides is 1. The van der Waals surface area contributed by atoms with E-state index in [0.29, 0.717) is 30.4 Å². The van der Waals surface area contributed by atoms with Crippen LogP contribution in [0.4, 0.5) is 0 Å². The SMILES string of the molecule is C[C@@H]1CCN(C[C@H](Cc2ccccc2)C(=O)N[C@@H](Cc2ccc(O)cc2)C(=O)O)C(c2cccc(O)c2)[C@@H]1C. The minimum Gasteiger partial charge on any atom is -0.508 e. The van der Waals surface area contributed by atoms with Crippen LogP contribution < -0.4 is 5.32 Å². The largest absolute Gasteiger partial charge is 0.508 e. The number of carboxylic acid groups (broad SMARTS) is 1. The number of carboxylic acids is 1. The molecular formula is C32H38N2O5. The number of carbonyl (C=O) groups excluding carboxylic acids is 1. The standard InChI is InChI=1S/C32H38N2O5/c1-21-15-16-34(30(22(21)2)25-9-6-10-28(36)19-25)20-26(17-23-7-4-3-5-8-23)31(37)33-29(32(38)39)18-24-11-13-27(35)14-12-24/h3-14,19,21-22,26,29-30,35-36H,15-18,20H2,1-2H3,(H,33,37)(H,38,39)/t21-,22-,26+,29+,30?/m1/s1. The molecule has 5 atom stereocenters. The lowest BCUT2D eigenvalue weighted by molar-refractivity contribution is -0.142. The molecule has 3 aromatic carbocycles. The number of hydrogen-bond acceptors (Lipinski definition) is 5. The van der Waals surface area contributed by atoms with Crippen LogP contribution in [-0.4, -0.2) is 51.2 Å². The molecule has 1 saturated heterocycles. The van der Waals surface area contributed by atoms with Gasteiger partial charge < -0.3 is 20.6 Å². The van der Waals surface area contributed by atoms with Crippen LogP contribution in [0, 0.1) is 17.8 Å². The van der Waals surface area contributed by atoms with Crippen LogP contribution in [0.15, 0.2) is 78.9 Å². The second-order valence-corrected chi connectivity index (χ2v) is 10.8. The highest BCUT2D eigenvalue weighted by atomic mass is 16.4. The van der Waals surface area contributed by atoms with Crippen molar-refractivity contribution in [1.29, 1.82) is 0 Å². The minimum atomic E-state index is -1.10. The summed E-state index contributed by atoms with van der Waals surface area (Å²) in [5.41, 5.74) is 2.74. The normalized spacial score (nSPS) is 21.1. The van der Waals surface area contributed by atoms with Crippen LogP contribution in [0.5, 0.6) is 11.5 Å². The first kappa shape index (κ1) is 28.2. The summed E-state index contributed by atoms with van der Waals surface area (Å²) in [4.78, 5) is 28.2. The Hall–Kier alpha value is -3.84. The lowest BCUT2D eigenvalue weighted by Gasteiger charge is -2.45. The maximum absolute atomic E-state index is 13.7. The molecular weight excluding hydrogens is 492 g/mol. The minimum absolute atomic E-state index is 0.0270. The van der Waals surface area contributed by atoms with E-state index < -0.39 is 17.9 Å². The zero-order valence-corrected chi connectivity index (χ0v) is 22.5. The summed E-state index contributed by atoms with van der Waals surface area (Å²) in [6, 6.07) is 22.4. The Morgan fingerprint density at radius 2 is 1.59 bits per heavy atom. The van der Waals surface area contributed by atoms with E-state index in [0.717, 1.165) is 24.1 Å². The van der Waals surface area contributed by atoms with Gasteiger partial charge in [-0.1, -0.05) is 68.4 Å². The van der Waals surface area contributed by atoms with Gasteiger partial charge in [0.2, 0.25) is 5.91 Å². The highest BCUT2D eigenvalue weighted by molar-refractivity contribution is 5.85. The Morgan fingerprint density at radius 1 is 0.897 bits per heavy atom. The first-order chi connectivity index (χ1) is 18.7. The van der Waals surface area contributed by atoms with E-state index in [4.69, 9.17) is 0 Å². The third kappa shape index (κ3) is 7.39. The molecule has 206 valence electrons. The molecule has 39 heavy (non-hydrogen) atoms. The summed E-state index contributed by atoms with van der Waals surface area (Å²) < 4.78 is 0.